The number of anilines is 1. The Hall–Kier alpha value is -1.07. The maximum Gasteiger partial charge on any atom is 0.240 e. The van der Waals surface area contributed by atoms with Crippen LogP contribution in [0.4, 0.5) is 5.69 Å². The van der Waals surface area contributed by atoms with Crippen LogP contribution in [0.3, 0.4) is 0 Å². The highest BCUT2D eigenvalue weighted by atomic mass is 32.2. The highest BCUT2D eigenvalue weighted by Crippen LogP contribution is 2.15. The maximum atomic E-state index is 12.0. The first-order chi connectivity index (χ1) is 7.86. The van der Waals surface area contributed by atoms with Crippen LogP contribution in [0.1, 0.15) is 27.2 Å². The molecule has 0 aliphatic rings. The molecule has 0 spiro atoms. The first-order valence-corrected chi connectivity index (χ1v) is 7.23. The normalized spacial score (nSPS) is 15.5. The van der Waals surface area contributed by atoms with Gasteiger partial charge in [0.1, 0.15) is 0 Å². The van der Waals surface area contributed by atoms with Gasteiger partial charge in [0, 0.05) is 11.7 Å². The molecule has 0 aliphatic carbocycles. The Morgan fingerprint density at radius 1 is 1.35 bits per heavy atom. The van der Waals surface area contributed by atoms with Crippen molar-refractivity contribution in [2.24, 2.45) is 5.92 Å². The fourth-order valence-corrected chi connectivity index (χ4v) is 2.87. The lowest BCUT2D eigenvalue weighted by atomic mass is 10.0. The zero-order valence-electron chi connectivity index (χ0n) is 10.5. The van der Waals surface area contributed by atoms with Crippen LogP contribution in [0, 0.1) is 5.92 Å². The zero-order valence-corrected chi connectivity index (χ0v) is 11.3. The number of benzene rings is 1. The van der Waals surface area contributed by atoms with Crippen LogP contribution in [-0.4, -0.2) is 14.5 Å². The smallest absolute Gasteiger partial charge is 0.240 e. The Labute approximate surface area is 103 Å². The Morgan fingerprint density at radius 3 is 2.53 bits per heavy atom. The van der Waals surface area contributed by atoms with E-state index in [9.17, 15) is 8.42 Å². The molecule has 0 fully saturated rings. The summed E-state index contributed by atoms with van der Waals surface area (Å²) in [6.07, 6.45) is 0.931. The molecule has 0 amide bonds. The molecule has 0 radical (unpaired) electrons. The second-order valence-electron chi connectivity index (χ2n) is 4.37. The van der Waals surface area contributed by atoms with Crippen molar-refractivity contribution in [2.75, 3.05) is 5.73 Å². The molecule has 1 aromatic rings. The second kappa shape index (κ2) is 5.51. The number of nitrogens with one attached hydrogen (secondary N) is 1. The average Bonchev–Trinajstić information content (AvgIpc) is 2.27. The van der Waals surface area contributed by atoms with Gasteiger partial charge in [-0.3, -0.25) is 0 Å². The second-order valence-corrected chi connectivity index (χ2v) is 6.08. The predicted molar refractivity (Wildman–Crippen MR) is 70.1 cm³/mol. The van der Waals surface area contributed by atoms with Gasteiger partial charge in [-0.15, -0.1) is 0 Å². The third-order valence-corrected chi connectivity index (χ3v) is 4.56. The van der Waals surface area contributed by atoms with Gasteiger partial charge in [-0.05, 0) is 31.0 Å². The molecule has 17 heavy (non-hydrogen) atoms. The molecular weight excluding hydrogens is 236 g/mol. The lowest BCUT2D eigenvalue weighted by molar-refractivity contribution is 0.434. The van der Waals surface area contributed by atoms with Crippen LogP contribution in [0.15, 0.2) is 29.2 Å². The van der Waals surface area contributed by atoms with Crippen molar-refractivity contribution >= 4 is 15.7 Å². The lowest BCUT2D eigenvalue weighted by Gasteiger charge is -2.19. The van der Waals surface area contributed by atoms with Crippen molar-refractivity contribution in [3.8, 4) is 0 Å². The molecule has 4 nitrogen and oxygen atoms in total. The molecule has 3 N–H and O–H groups in total. The summed E-state index contributed by atoms with van der Waals surface area (Å²) in [5, 5.41) is 0. The molecule has 0 saturated heterocycles. The van der Waals surface area contributed by atoms with Crippen LogP contribution >= 0.6 is 0 Å². The lowest BCUT2D eigenvalue weighted by Crippen LogP contribution is -2.36. The van der Waals surface area contributed by atoms with Crippen LogP contribution in [0.2, 0.25) is 0 Å². The van der Waals surface area contributed by atoms with Crippen molar-refractivity contribution in [3.63, 3.8) is 0 Å². The Morgan fingerprint density at radius 2 is 2.00 bits per heavy atom. The van der Waals surface area contributed by atoms with Gasteiger partial charge in [-0.1, -0.05) is 26.3 Å². The van der Waals surface area contributed by atoms with Crippen molar-refractivity contribution in [1.29, 1.82) is 0 Å². The molecular formula is C12H20N2O2S. The number of hydrogen-bond donors (Lipinski definition) is 2. The summed E-state index contributed by atoms with van der Waals surface area (Å²) in [6, 6.07) is 6.22. The quantitative estimate of drug-likeness (QED) is 0.791. The van der Waals surface area contributed by atoms with Crippen molar-refractivity contribution < 1.29 is 8.42 Å². The number of rotatable bonds is 5. The first-order valence-electron chi connectivity index (χ1n) is 5.74. The third-order valence-electron chi connectivity index (χ3n) is 3.01. The van der Waals surface area contributed by atoms with Gasteiger partial charge in [0.15, 0.2) is 0 Å². The average molecular weight is 256 g/mol. The molecule has 1 rings (SSSR count). The summed E-state index contributed by atoms with van der Waals surface area (Å²) in [7, 11) is -3.47. The van der Waals surface area contributed by atoms with Crippen LogP contribution in [0.25, 0.3) is 0 Å². The molecule has 1 aromatic carbocycles. The molecule has 0 aromatic heterocycles. The van der Waals surface area contributed by atoms with E-state index in [0.717, 1.165) is 6.42 Å². The highest BCUT2D eigenvalue weighted by Gasteiger charge is 2.20. The van der Waals surface area contributed by atoms with Crippen LogP contribution < -0.4 is 10.5 Å². The minimum absolute atomic E-state index is 0.0913. The van der Waals surface area contributed by atoms with E-state index in [1.165, 1.54) is 6.07 Å². The molecule has 0 saturated carbocycles. The minimum Gasteiger partial charge on any atom is -0.399 e. The molecule has 0 heterocycles. The summed E-state index contributed by atoms with van der Waals surface area (Å²) in [5.41, 5.74) is 6.03. The molecule has 2 atom stereocenters. The summed E-state index contributed by atoms with van der Waals surface area (Å²) in [5.74, 6) is 0.297. The van der Waals surface area contributed by atoms with Crippen LogP contribution in [0.5, 0.6) is 0 Å². The largest absolute Gasteiger partial charge is 0.399 e. The van der Waals surface area contributed by atoms with Crippen molar-refractivity contribution in [2.45, 2.75) is 38.1 Å². The summed E-state index contributed by atoms with van der Waals surface area (Å²) >= 11 is 0. The third kappa shape index (κ3) is 3.71. The minimum atomic E-state index is -3.47. The molecule has 2 unspecified atom stereocenters. The standard InChI is InChI=1S/C12H20N2O2S/c1-4-9(2)10(3)14-17(15,16)12-7-5-6-11(13)8-12/h5-10,14H,4,13H2,1-3H3. The van der Waals surface area contributed by atoms with E-state index in [4.69, 9.17) is 5.73 Å². The number of nitrogens with two attached hydrogens (primary N) is 1. The monoisotopic (exact) mass is 256 g/mol. The number of nitrogen functional groups attached to an aromatic ring is 1. The Bertz CT molecular complexity index is 471. The number of hydrogen-bond acceptors (Lipinski definition) is 3. The van der Waals surface area contributed by atoms with Gasteiger partial charge in [0.2, 0.25) is 10.0 Å². The van der Waals surface area contributed by atoms with E-state index in [1.807, 2.05) is 20.8 Å². The van der Waals surface area contributed by atoms with Crippen molar-refractivity contribution in [1.82, 2.24) is 4.72 Å². The van der Waals surface area contributed by atoms with Crippen LogP contribution in [-0.2, 0) is 10.0 Å². The van der Waals surface area contributed by atoms with E-state index >= 15 is 0 Å². The number of sulfonamides is 1. The SMILES string of the molecule is CCC(C)C(C)NS(=O)(=O)c1cccc(N)c1. The topological polar surface area (TPSA) is 72.2 Å². The Kier molecular flexibility index (Phi) is 4.54. The maximum absolute atomic E-state index is 12.0. The van der Waals surface area contributed by atoms with Gasteiger partial charge in [-0.25, -0.2) is 13.1 Å². The molecule has 5 heteroatoms. The van der Waals surface area contributed by atoms with E-state index < -0.39 is 10.0 Å². The summed E-state index contributed by atoms with van der Waals surface area (Å²) in [4.78, 5) is 0.215. The first kappa shape index (κ1) is 14.0. The molecule has 96 valence electrons. The predicted octanol–water partition coefficient (Wildman–Crippen LogP) is 1.98. The van der Waals surface area contributed by atoms with E-state index in [1.54, 1.807) is 18.2 Å². The van der Waals surface area contributed by atoms with Crippen molar-refractivity contribution in [3.05, 3.63) is 24.3 Å². The van der Waals surface area contributed by atoms with Gasteiger partial charge >= 0.3 is 0 Å². The summed E-state index contributed by atoms with van der Waals surface area (Å²) < 4.78 is 26.8. The van der Waals surface area contributed by atoms with E-state index in [0.29, 0.717) is 11.6 Å². The van der Waals surface area contributed by atoms with E-state index in [-0.39, 0.29) is 10.9 Å². The zero-order chi connectivity index (χ0) is 13.1. The van der Waals surface area contributed by atoms with Gasteiger partial charge in [0.05, 0.1) is 4.90 Å². The van der Waals surface area contributed by atoms with Gasteiger partial charge < -0.3 is 5.73 Å². The highest BCUT2D eigenvalue weighted by molar-refractivity contribution is 7.89. The fourth-order valence-electron chi connectivity index (χ4n) is 1.46. The summed E-state index contributed by atoms with van der Waals surface area (Å²) in [6.45, 7) is 5.93. The molecule has 0 aliphatic heterocycles. The molecule has 0 bridgehead atoms. The van der Waals surface area contributed by atoms with E-state index in [2.05, 4.69) is 4.72 Å². The Balaban J connectivity index is 2.89. The fraction of sp³-hybridized carbons (Fsp3) is 0.500. The van der Waals surface area contributed by atoms with Gasteiger partial charge in [0.25, 0.3) is 0 Å². The van der Waals surface area contributed by atoms with Gasteiger partial charge in [-0.2, -0.15) is 0 Å².